The third-order valence-electron chi connectivity index (χ3n) is 2.65. The maximum atomic E-state index is 8.91. The van der Waals surface area contributed by atoms with Crippen LogP contribution in [0.15, 0.2) is 29.2 Å². The fraction of sp³-hybridized carbons (Fsp3) is 0.500. The lowest BCUT2D eigenvalue weighted by molar-refractivity contribution is 0.448. The highest BCUT2D eigenvalue weighted by molar-refractivity contribution is 7.99. The summed E-state index contributed by atoms with van der Waals surface area (Å²) in [5, 5.41) is 8.91. The molecule has 0 saturated heterocycles. The van der Waals surface area contributed by atoms with Crippen LogP contribution >= 0.6 is 11.8 Å². The van der Waals surface area contributed by atoms with E-state index in [2.05, 4.69) is 18.2 Å². The molecule has 0 aliphatic rings. The highest BCUT2D eigenvalue weighted by Crippen LogP contribution is 2.25. The molecule has 0 aliphatic heterocycles. The minimum absolute atomic E-state index is 0.195. The lowest BCUT2D eigenvalue weighted by atomic mass is 9.90. The van der Waals surface area contributed by atoms with E-state index in [1.54, 1.807) is 0 Å². The van der Waals surface area contributed by atoms with Crippen molar-refractivity contribution in [2.75, 3.05) is 5.75 Å². The topological polar surface area (TPSA) is 49.8 Å². The zero-order valence-corrected chi connectivity index (χ0v) is 11.4. The molecule has 0 spiro atoms. The number of nitriles is 1. The summed E-state index contributed by atoms with van der Waals surface area (Å²) in [6, 6.07) is 10.7. The summed E-state index contributed by atoms with van der Waals surface area (Å²) < 4.78 is 0. The summed E-state index contributed by atoms with van der Waals surface area (Å²) in [6.45, 7) is 4.58. The molecule has 0 heterocycles. The van der Waals surface area contributed by atoms with E-state index in [0.29, 0.717) is 6.54 Å². The van der Waals surface area contributed by atoms with Crippen LogP contribution in [-0.4, -0.2) is 5.75 Å². The first kappa shape index (κ1) is 14.1. The molecule has 1 rings (SSSR count). The van der Waals surface area contributed by atoms with Gasteiger partial charge in [-0.15, -0.1) is 11.8 Å². The SMILES string of the molecule is CC(C)(C#N)CCCSc1cccc(CN)c1. The minimum Gasteiger partial charge on any atom is -0.326 e. The highest BCUT2D eigenvalue weighted by atomic mass is 32.2. The fourth-order valence-corrected chi connectivity index (χ4v) is 2.46. The molecule has 0 aliphatic carbocycles. The second kappa shape index (κ2) is 6.68. The van der Waals surface area contributed by atoms with E-state index in [4.69, 9.17) is 11.0 Å². The van der Waals surface area contributed by atoms with Gasteiger partial charge >= 0.3 is 0 Å². The molecular formula is C14H20N2S. The van der Waals surface area contributed by atoms with Gasteiger partial charge in [0.1, 0.15) is 0 Å². The molecule has 0 saturated carbocycles. The van der Waals surface area contributed by atoms with Crippen molar-refractivity contribution in [3.8, 4) is 6.07 Å². The summed E-state index contributed by atoms with van der Waals surface area (Å²) >= 11 is 1.84. The quantitative estimate of drug-likeness (QED) is 0.618. The van der Waals surface area contributed by atoms with Crippen LogP contribution in [-0.2, 0) is 6.54 Å². The Morgan fingerprint density at radius 1 is 1.41 bits per heavy atom. The number of hydrogen-bond donors (Lipinski definition) is 1. The maximum Gasteiger partial charge on any atom is 0.0683 e. The van der Waals surface area contributed by atoms with Gasteiger partial charge in [0.2, 0.25) is 0 Å². The molecule has 92 valence electrons. The van der Waals surface area contributed by atoms with E-state index in [9.17, 15) is 0 Å². The molecule has 0 atom stereocenters. The number of rotatable bonds is 6. The van der Waals surface area contributed by atoms with E-state index < -0.39 is 0 Å². The second-order valence-electron chi connectivity index (χ2n) is 4.80. The third-order valence-corrected chi connectivity index (χ3v) is 3.73. The Hall–Kier alpha value is -0.980. The van der Waals surface area contributed by atoms with Crippen LogP contribution in [0.4, 0.5) is 0 Å². The van der Waals surface area contributed by atoms with Crippen molar-refractivity contribution in [3.05, 3.63) is 29.8 Å². The molecule has 1 aromatic carbocycles. The van der Waals surface area contributed by atoms with Gasteiger partial charge in [-0.1, -0.05) is 12.1 Å². The molecule has 0 unspecified atom stereocenters. The molecule has 17 heavy (non-hydrogen) atoms. The van der Waals surface area contributed by atoms with E-state index in [0.717, 1.165) is 18.6 Å². The van der Waals surface area contributed by atoms with Gasteiger partial charge < -0.3 is 5.73 Å². The van der Waals surface area contributed by atoms with Gasteiger partial charge in [-0.25, -0.2) is 0 Å². The molecule has 2 N–H and O–H groups in total. The summed E-state index contributed by atoms with van der Waals surface area (Å²) in [6.07, 6.45) is 2.02. The highest BCUT2D eigenvalue weighted by Gasteiger charge is 2.15. The van der Waals surface area contributed by atoms with Crippen LogP contribution < -0.4 is 5.73 Å². The van der Waals surface area contributed by atoms with Gasteiger partial charge in [0, 0.05) is 11.4 Å². The van der Waals surface area contributed by atoms with Crippen LogP contribution in [0.3, 0.4) is 0 Å². The van der Waals surface area contributed by atoms with Crippen LogP contribution in [0.25, 0.3) is 0 Å². The smallest absolute Gasteiger partial charge is 0.0683 e. The zero-order valence-electron chi connectivity index (χ0n) is 10.6. The van der Waals surface area contributed by atoms with Crippen LogP contribution in [0.1, 0.15) is 32.3 Å². The number of benzene rings is 1. The predicted molar refractivity (Wildman–Crippen MR) is 73.7 cm³/mol. The lowest BCUT2D eigenvalue weighted by Crippen LogP contribution is -2.07. The van der Waals surface area contributed by atoms with Crippen LogP contribution in [0.5, 0.6) is 0 Å². The Morgan fingerprint density at radius 2 is 2.18 bits per heavy atom. The van der Waals surface area contributed by atoms with Crippen molar-refractivity contribution in [2.45, 2.75) is 38.1 Å². The first-order chi connectivity index (χ1) is 8.07. The van der Waals surface area contributed by atoms with E-state index in [1.807, 2.05) is 37.7 Å². The van der Waals surface area contributed by atoms with Gasteiger partial charge in [-0.2, -0.15) is 5.26 Å². The first-order valence-electron chi connectivity index (χ1n) is 5.90. The van der Waals surface area contributed by atoms with Crippen LogP contribution in [0, 0.1) is 16.7 Å². The van der Waals surface area contributed by atoms with Gasteiger partial charge in [-0.05, 0) is 50.1 Å². The third kappa shape index (κ3) is 5.25. The van der Waals surface area contributed by atoms with Crippen molar-refractivity contribution in [2.24, 2.45) is 11.1 Å². The van der Waals surface area contributed by atoms with Crippen LogP contribution in [0.2, 0.25) is 0 Å². The Labute approximate surface area is 108 Å². The molecule has 0 fully saturated rings. The number of hydrogen-bond acceptors (Lipinski definition) is 3. The van der Waals surface area contributed by atoms with Gasteiger partial charge in [0.15, 0.2) is 0 Å². The molecule has 1 aromatic rings. The molecule has 0 bridgehead atoms. The monoisotopic (exact) mass is 248 g/mol. The lowest BCUT2D eigenvalue weighted by Gasteiger charge is -2.14. The largest absolute Gasteiger partial charge is 0.326 e. The predicted octanol–water partition coefficient (Wildman–Crippen LogP) is 3.57. The summed E-state index contributed by atoms with van der Waals surface area (Å²) in [5.41, 5.74) is 6.58. The van der Waals surface area contributed by atoms with Gasteiger partial charge in [0.05, 0.1) is 11.5 Å². The van der Waals surface area contributed by atoms with E-state index in [1.165, 1.54) is 10.5 Å². The van der Waals surface area contributed by atoms with Crippen molar-refractivity contribution in [1.82, 2.24) is 0 Å². The number of nitrogens with two attached hydrogens (primary N) is 1. The fourth-order valence-electron chi connectivity index (χ4n) is 1.52. The Bertz CT molecular complexity index is 393. The minimum atomic E-state index is -0.195. The molecule has 3 heteroatoms. The normalized spacial score (nSPS) is 11.2. The second-order valence-corrected chi connectivity index (χ2v) is 5.97. The molecule has 2 nitrogen and oxygen atoms in total. The molecule has 0 aromatic heterocycles. The van der Waals surface area contributed by atoms with Crippen molar-refractivity contribution < 1.29 is 0 Å². The Balaban J connectivity index is 2.34. The zero-order chi connectivity index (χ0) is 12.7. The van der Waals surface area contributed by atoms with Crippen molar-refractivity contribution in [3.63, 3.8) is 0 Å². The molecular weight excluding hydrogens is 228 g/mol. The number of nitrogens with zero attached hydrogens (tertiary/aromatic N) is 1. The average Bonchev–Trinajstić information content (AvgIpc) is 2.35. The number of thioether (sulfide) groups is 1. The summed E-state index contributed by atoms with van der Waals surface area (Å²) in [4.78, 5) is 1.27. The van der Waals surface area contributed by atoms with Gasteiger partial charge in [0.25, 0.3) is 0 Å². The first-order valence-corrected chi connectivity index (χ1v) is 6.89. The Morgan fingerprint density at radius 3 is 2.82 bits per heavy atom. The summed E-state index contributed by atoms with van der Waals surface area (Å²) in [5.74, 6) is 1.05. The van der Waals surface area contributed by atoms with E-state index in [-0.39, 0.29) is 5.41 Å². The summed E-state index contributed by atoms with van der Waals surface area (Å²) in [7, 11) is 0. The van der Waals surface area contributed by atoms with Crippen molar-refractivity contribution >= 4 is 11.8 Å². The molecule has 0 amide bonds. The van der Waals surface area contributed by atoms with E-state index >= 15 is 0 Å². The van der Waals surface area contributed by atoms with Crippen molar-refractivity contribution in [1.29, 1.82) is 5.26 Å². The maximum absolute atomic E-state index is 8.91. The standard InChI is InChI=1S/C14H20N2S/c1-14(2,11-16)7-4-8-17-13-6-3-5-12(9-13)10-15/h3,5-6,9H,4,7-8,10,15H2,1-2H3. The Kier molecular flexibility index (Phi) is 5.54. The molecule has 0 radical (unpaired) electrons. The van der Waals surface area contributed by atoms with Gasteiger partial charge in [-0.3, -0.25) is 0 Å². The average molecular weight is 248 g/mol.